The van der Waals surface area contributed by atoms with E-state index in [4.69, 9.17) is 10.8 Å². The predicted octanol–water partition coefficient (Wildman–Crippen LogP) is -0.224. The molecule has 6 heteroatoms. The number of nitrogens with one attached hydrogen (secondary N) is 1. The van der Waals surface area contributed by atoms with Crippen LogP contribution in [0.4, 0.5) is 11.6 Å². The van der Waals surface area contributed by atoms with Crippen LogP contribution in [0.5, 0.6) is 0 Å². The molecule has 0 aliphatic heterocycles. The number of nitrogen functional groups attached to an aromatic ring is 1. The van der Waals surface area contributed by atoms with Crippen LogP contribution in [-0.2, 0) is 6.42 Å². The minimum Gasteiger partial charge on any atom is -0.393 e. The summed E-state index contributed by atoms with van der Waals surface area (Å²) >= 11 is 0. The Kier molecular flexibility index (Phi) is 4.03. The van der Waals surface area contributed by atoms with E-state index >= 15 is 0 Å². The van der Waals surface area contributed by atoms with E-state index < -0.39 is 5.60 Å². The lowest BCUT2D eigenvalue weighted by atomic mass is 10.1. The molecule has 1 atom stereocenters. The summed E-state index contributed by atoms with van der Waals surface area (Å²) in [5.74, 6) is 1.03. The molecule has 1 unspecified atom stereocenters. The van der Waals surface area contributed by atoms with E-state index in [9.17, 15) is 5.11 Å². The SMILES string of the molecule is CCc1c(N)ncnc1NCC(C)(O)CO. The Hall–Kier alpha value is -1.40. The first-order valence-corrected chi connectivity index (χ1v) is 5.16. The van der Waals surface area contributed by atoms with Crippen molar-refractivity contribution in [2.45, 2.75) is 25.9 Å². The van der Waals surface area contributed by atoms with Crippen molar-refractivity contribution < 1.29 is 10.2 Å². The number of aliphatic hydroxyl groups excluding tert-OH is 1. The molecule has 0 bridgehead atoms. The van der Waals surface area contributed by atoms with E-state index in [1.165, 1.54) is 13.3 Å². The molecule has 0 saturated heterocycles. The Morgan fingerprint density at radius 1 is 1.50 bits per heavy atom. The number of rotatable bonds is 5. The van der Waals surface area contributed by atoms with Crippen molar-refractivity contribution in [2.75, 3.05) is 24.2 Å². The van der Waals surface area contributed by atoms with Crippen molar-refractivity contribution in [2.24, 2.45) is 0 Å². The third-order valence-electron chi connectivity index (χ3n) is 2.31. The number of aliphatic hydroxyl groups is 2. The molecule has 0 amide bonds. The van der Waals surface area contributed by atoms with Crippen molar-refractivity contribution in [3.05, 3.63) is 11.9 Å². The maximum Gasteiger partial charge on any atom is 0.134 e. The van der Waals surface area contributed by atoms with Gasteiger partial charge in [0.2, 0.25) is 0 Å². The molecule has 1 heterocycles. The van der Waals surface area contributed by atoms with Crippen molar-refractivity contribution in [1.82, 2.24) is 9.97 Å². The summed E-state index contributed by atoms with van der Waals surface area (Å²) in [7, 11) is 0. The van der Waals surface area contributed by atoms with Crippen molar-refractivity contribution >= 4 is 11.6 Å². The average Bonchev–Trinajstić information content (AvgIpc) is 2.26. The van der Waals surface area contributed by atoms with Crippen LogP contribution in [0.15, 0.2) is 6.33 Å². The molecule has 0 spiro atoms. The lowest BCUT2D eigenvalue weighted by Crippen LogP contribution is -2.37. The molecule has 1 rings (SSSR count). The second-order valence-electron chi connectivity index (χ2n) is 3.95. The number of nitrogens with two attached hydrogens (primary N) is 1. The molecular weight excluding hydrogens is 208 g/mol. The van der Waals surface area contributed by atoms with Crippen LogP contribution in [-0.4, -0.2) is 38.9 Å². The Balaban J connectivity index is 2.78. The molecule has 1 aromatic heterocycles. The summed E-state index contributed by atoms with van der Waals surface area (Å²) in [6, 6.07) is 0. The molecule has 1 aromatic rings. The number of nitrogens with zero attached hydrogens (tertiary/aromatic N) is 2. The Labute approximate surface area is 94.5 Å². The van der Waals surface area contributed by atoms with E-state index in [0.717, 1.165) is 5.56 Å². The van der Waals surface area contributed by atoms with E-state index in [1.807, 2.05) is 6.92 Å². The van der Waals surface area contributed by atoms with Crippen molar-refractivity contribution in [1.29, 1.82) is 0 Å². The number of hydrogen-bond acceptors (Lipinski definition) is 6. The fraction of sp³-hybridized carbons (Fsp3) is 0.600. The van der Waals surface area contributed by atoms with Gasteiger partial charge in [0.1, 0.15) is 23.6 Å². The van der Waals surface area contributed by atoms with Crippen LogP contribution < -0.4 is 11.1 Å². The maximum absolute atomic E-state index is 9.63. The van der Waals surface area contributed by atoms with Crippen LogP contribution in [0.2, 0.25) is 0 Å². The highest BCUT2D eigenvalue weighted by Crippen LogP contribution is 2.18. The topological polar surface area (TPSA) is 104 Å². The number of anilines is 2. The molecule has 0 aromatic carbocycles. The highest BCUT2D eigenvalue weighted by atomic mass is 16.3. The highest BCUT2D eigenvalue weighted by Gasteiger charge is 2.19. The fourth-order valence-electron chi connectivity index (χ4n) is 1.26. The molecule has 0 fully saturated rings. The summed E-state index contributed by atoms with van der Waals surface area (Å²) in [4.78, 5) is 7.94. The second kappa shape index (κ2) is 5.09. The predicted molar refractivity (Wildman–Crippen MR) is 62.0 cm³/mol. The third kappa shape index (κ3) is 3.04. The molecule has 16 heavy (non-hydrogen) atoms. The normalized spacial score (nSPS) is 14.5. The fourth-order valence-corrected chi connectivity index (χ4v) is 1.26. The van der Waals surface area contributed by atoms with Crippen LogP contribution in [0.25, 0.3) is 0 Å². The zero-order chi connectivity index (χ0) is 12.2. The molecule has 0 radical (unpaired) electrons. The average molecular weight is 226 g/mol. The van der Waals surface area contributed by atoms with Gasteiger partial charge >= 0.3 is 0 Å². The van der Waals surface area contributed by atoms with Crippen molar-refractivity contribution in [3.8, 4) is 0 Å². The summed E-state index contributed by atoms with van der Waals surface area (Å²) in [6.07, 6.45) is 2.07. The van der Waals surface area contributed by atoms with Gasteiger partial charge in [-0.05, 0) is 13.3 Å². The van der Waals surface area contributed by atoms with Gasteiger partial charge in [-0.1, -0.05) is 6.92 Å². The molecule has 90 valence electrons. The van der Waals surface area contributed by atoms with E-state index in [2.05, 4.69) is 15.3 Å². The highest BCUT2D eigenvalue weighted by molar-refractivity contribution is 5.54. The second-order valence-corrected chi connectivity index (χ2v) is 3.95. The van der Waals surface area contributed by atoms with E-state index in [0.29, 0.717) is 18.1 Å². The first-order chi connectivity index (χ1) is 7.50. The Morgan fingerprint density at radius 2 is 2.19 bits per heavy atom. The summed E-state index contributed by atoms with van der Waals surface area (Å²) in [5, 5.41) is 21.5. The van der Waals surface area contributed by atoms with Gasteiger partial charge in [0.25, 0.3) is 0 Å². The van der Waals surface area contributed by atoms with Gasteiger partial charge in [-0.3, -0.25) is 0 Å². The first-order valence-electron chi connectivity index (χ1n) is 5.16. The zero-order valence-electron chi connectivity index (χ0n) is 9.56. The zero-order valence-corrected chi connectivity index (χ0v) is 9.56. The maximum atomic E-state index is 9.63. The van der Waals surface area contributed by atoms with Gasteiger partial charge < -0.3 is 21.3 Å². The lowest BCUT2D eigenvalue weighted by Gasteiger charge is -2.21. The summed E-state index contributed by atoms with van der Waals surface area (Å²) < 4.78 is 0. The lowest BCUT2D eigenvalue weighted by molar-refractivity contribution is 0.0131. The van der Waals surface area contributed by atoms with Gasteiger partial charge in [0.05, 0.1) is 6.61 Å². The summed E-state index contributed by atoms with van der Waals surface area (Å²) in [5.41, 5.74) is 5.34. The Morgan fingerprint density at radius 3 is 2.75 bits per heavy atom. The molecule has 0 saturated carbocycles. The van der Waals surface area contributed by atoms with Gasteiger partial charge in [-0.15, -0.1) is 0 Å². The van der Waals surface area contributed by atoms with E-state index in [1.54, 1.807) is 0 Å². The largest absolute Gasteiger partial charge is 0.393 e. The monoisotopic (exact) mass is 226 g/mol. The quantitative estimate of drug-likeness (QED) is 0.553. The van der Waals surface area contributed by atoms with E-state index in [-0.39, 0.29) is 13.2 Å². The van der Waals surface area contributed by atoms with Crippen LogP contribution in [0.3, 0.4) is 0 Å². The van der Waals surface area contributed by atoms with Gasteiger partial charge in [0, 0.05) is 12.1 Å². The molecule has 0 aliphatic carbocycles. The molecule has 0 aliphatic rings. The smallest absolute Gasteiger partial charge is 0.134 e. The first kappa shape index (κ1) is 12.7. The standard InChI is InChI=1S/C10H18N4O2/c1-3-7-8(11)13-6-14-9(7)12-4-10(2,16)5-15/h6,15-16H,3-5H2,1-2H3,(H3,11,12,13,14). The van der Waals surface area contributed by atoms with Gasteiger partial charge in [-0.2, -0.15) is 0 Å². The number of aromatic nitrogens is 2. The van der Waals surface area contributed by atoms with Crippen molar-refractivity contribution in [3.63, 3.8) is 0 Å². The minimum atomic E-state index is -1.18. The van der Waals surface area contributed by atoms with Crippen LogP contribution >= 0.6 is 0 Å². The summed E-state index contributed by atoms with van der Waals surface area (Å²) in [6.45, 7) is 3.37. The minimum absolute atomic E-state index is 0.201. The number of hydrogen-bond donors (Lipinski definition) is 4. The van der Waals surface area contributed by atoms with Crippen LogP contribution in [0, 0.1) is 0 Å². The van der Waals surface area contributed by atoms with Gasteiger partial charge in [-0.25, -0.2) is 9.97 Å². The van der Waals surface area contributed by atoms with Crippen LogP contribution in [0.1, 0.15) is 19.4 Å². The molecular formula is C10H18N4O2. The van der Waals surface area contributed by atoms with Gasteiger partial charge in [0.15, 0.2) is 0 Å². The Bertz CT molecular complexity index is 355. The third-order valence-corrected chi connectivity index (χ3v) is 2.31. The molecule has 6 nitrogen and oxygen atoms in total. The molecule has 5 N–H and O–H groups in total.